The molecule has 6 rings (SSSR count). The minimum absolute atomic E-state index is 0.0947. The van der Waals surface area contributed by atoms with Crippen molar-refractivity contribution in [2.45, 2.75) is 52.1 Å². The molecule has 1 saturated carbocycles. The quantitative estimate of drug-likeness (QED) is 0.641. The van der Waals surface area contributed by atoms with Crippen molar-refractivity contribution in [2.75, 3.05) is 24.5 Å². The van der Waals surface area contributed by atoms with Crippen LogP contribution >= 0.6 is 0 Å². The first-order chi connectivity index (χ1) is 17.3. The predicted molar refractivity (Wildman–Crippen MR) is 132 cm³/mol. The number of nitrogens with zero attached hydrogens (tertiary/aromatic N) is 5. The molecule has 0 aromatic carbocycles. The van der Waals surface area contributed by atoms with Crippen molar-refractivity contribution >= 4 is 17.6 Å². The Labute approximate surface area is 208 Å². The number of amides is 1. The van der Waals surface area contributed by atoms with E-state index in [-0.39, 0.29) is 24.1 Å². The molecular weight excluding hydrogens is 464 g/mol. The molecule has 0 spiro atoms. The number of nitrogens with one attached hydrogen (secondary N) is 1. The molecule has 36 heavy (non-hydrogen) atoms. The fourth-order valence-corrected chi connectivity index (χ4v) is 6.06. The zero-order valence-electron chi connectivity index (χ0n) is 20.5. The summed E-state index contributed by atoms with van der Waals surface area (Å²) in [7, 11) is 0. The van der Waals surface area contributed by atoms with E-state index < -0.39 is 18.0 Å². The van der Waals surface area contributed by atoms with Crippen molar-refractivity contribution < 1.29 is 13.6 Å². The summed E-state index contributed by atoms with van der Waals surface area (Å²) in [5.74, 6) is 2.73. The number of aromatic nitrogens is 3. The maximum Gasteiger partial charge on any atom is 0.282 e. The van der Waals surface area contributed by atoms with E-state index in [2.05, 4.69) is 20.3 Å². The smallest absolute Gasteiger partial charge is 0.282 e. The first-order valence-electron chi connectivity index (χ1n) is 12.7. The van der Waals surface area contributed by atoms with Gasteiger partial charge < -0.3 is 16.0 Å². The van der Waals surface area contributed by atoms with Crippen molar-refractivity contribution in [3.8, 4) is 0 Å². The van der Waals surface area contributed by atoms with Crippen LogP contribution in [0.4, 0.5) is 14.6 Å². The topological polar surface area (TPSA) is 101 Å². The Kier molecular flexibility index (Phi) is 5.57. The summed E-state index contributed by atoms with van der Waals surface area (Å²) in [6.45, 7) is 6.92. The normalized spacial score (nSPS) is 26.8. The monoisotopic (exact) mass is 495 g/mol. The molecule has 2 aromatic heterocycles. The van der Waals surface area contributed by atoms with Crippen molar-refractivity contribution in [1.82, 2.24) is 20.1 Å². The summed E-state index contributed by atoms with van der Waals surface area (Å²) in [4.78, 5) is 24.6. The number of piperidine rings is 1. The van der Waals surface area contributed by atoms with Crippen LogP contribution in [0.15, 0.2) is 34.5 Å². The number of nitrogens with two attached hydrogens (primary N) is 1. The zero-order chi connectivity index (χ0) is 25.1. The molecule has 0 radical (unpaired) electrons. The Balaban J connectivity index is 1.19. The summed E-state index contributed by atoms with van der Waals surface area (Å²) in [6.07, 6.45) is 1.30. The van der Waals surface area contributed by atoms with Gasteiger partial charge in [-0.2, -0.15) is 5.10 Å². The van der Waals surface area contributed by atoms with Gasteiger partial charge in [-0.15, -0.1) is 0 Å². The number of pyridine rings is 1. The highest BCUT2D eigenvalue weighted by Gasteiger charge is 2.45. The Hall–Kier alpha value is -3.30. The van der Waals surface area contributed by atoms with E-state index in [0.29, 0.717) is 18.8 Å². The molecule has 4 atom stereocenters. The molecule has 2 aromatic rings. The molecular formula is C26H31F2N7O. The molecule has 0 bridgehead atoms. The largest absolute Gasteiger partial charge is 0.384 e. The lowest BCUT2D eigenvalue weighted by Crippen LogP contribution is -2.38. The molecule has 3 N–H and O–H groups in total. The molecule has 3 unspecified atom stereocenters. The van der Waals surface area contributed by atoms with Gasteiger partial charge in [0, 0.05) is 31.5 Å². The van der Waals surface area contributed by atoms with E-state index in [1.807, 2.05) is 26.0 Å². The van der Waals surface area contributed by atoms with Crippen molar-refractivity contribution in [3.05, 3.63) is 52.0 Å². The van der Waals surface area contributed by atoms with Crippen LogP contribution in [0.3, 0.4) is 0 Å². The molecule has 1 saturated heterocycles. The van der Waals surface area contributed by atoms with Gasteiger partial charge in [0.25, 0.3) is 12.3 Å². The molecule has 2 aliphatic carbocycles. The van der Waals surface area contributed by atoms with E-state index in [1.54, 1.807) is 0 Å². The van der Waals surface area contributed by atoms with Crippen LogP contribution in [0.2, 0.25) is 0 Å². The maximum absolute atomic E-state index is 13.9. The number of halogens is 2. The highest BCUT2D eigenvalue weighted by molar-refractivity contribution is 6.00. The summed E-state index contributed by atoms with van der Waals surface area (Å²) < 4.78 is 29.1. The number of aliphatic imine (C=N–C) groups is 1. The number of aryl methyl sites for hydroxylation is 1. The molecule has 2 aliphatic heterocycles. The second-order valence-corrected chi connectivity index (χ2v) is 10.6. The Morgan fingerprint density at radius 3 is 2.78 bits per heavy atom. The number of carbonyl (C=O) groups excluding carboxylic acids is 1. The first-order valence-corrected chi connectivity index (χ1v) is 12.7. The Morgan fingerprint density at radius 1 is 1.28 bits per heavy atom. The number of dihydropyridines is 1. The lowest BCUT2D eigenvalue weighted by Gasteiger charge is -2.24. The fraction of sp³-hybridized carbons (Fsp3) is 0.538. The van der Waals surface area contributed by atoms with Gasteiger partial charge in [-0.1, -0.05) is 13.0 Å². The third kappa shape index (κ3) is 4.06. The van der Waals surface area contributed by atoms with E-state index in [0.717, 1.165) is 59.6 Å². The summed E-state index contributed by atoms with van der Waals surface area (Å²) in [6, 6.07) is 3.74. The molecule has 2 fully saturated rings. The van der Waals surface area contributed by atoms with Gasteiger partial charge in [-0.3, -0.25) is 14.5 Å². The number of carbonyl (C=O) groups is 1. The van der Waals surface area contributed by atoms with Gasteiger partial charge in [0.05, 0.1) is 18.2 Å². The van der Waals surface area contributed by atoms with Crippen LogP contribution < -0.4 is 16.0 Å². The maximum atomic E-state index is 13.9. The second-order valence-electron chi connectivity index (χ2n) is 10.6. The van der Waals surface area contributed by atoms with E-state index in [1.165, 1.54) is 17.3 Å². The van der Waals surface area contributed by atoms with Crippen molar-refractivity contribution in [3.63, 3.8) is 0 Å². The third-order valence-electron chi connectivity index (χ3n) is 8.15. The predicted octanol–water partition coefficient (Wildman–Crippen LogP) is 3.22. The number of alkyl halides is 2. The Bertz CT molecular complexity index is 1270. The molecule has 1 amide bonds. The highest BCUT2D eigenvalue weighted by atomic mass is 19.3. The van der Waals surface area contributed by atoms with Crippen LogP contribution in [-0.4, -0.2) is 52.2 Å². The zero-order valence-corrected chi connectivity index (χ0v) is 20.5. The van der Waals surface area contributed by atoms with Gasteiger partial charge in [0.1, 0.15) is 17.3 Å². The van der Waals surface area contributed by atoms with E-state index in [9.17, 15) is 13.6 Å². The first kappa shape index (κ1) is 23.1. The lowest BCUT2D eigenvalue weighted by molar-refractivity contribution is 0.0926. The van der Waals surface area contributed by atoms with Gasteiger partial charge in [0.2, 0.25) is 0 Å². The minimum atomic E-state index is -2.86. The van der Waals surface area contributed by atoms with Crippen LogP contribution in [0.25, 0.3) is 0 Å². The van der Waals surface area contributed by atoms with Crippen LogP contribution in [0.5, 0.6) is 0 Å². The van der Waals surface area contributed by atoms with Crippen LogP contribution in [0, 0.1) is 24.7 Å². The van der Waals surface area contributed by atoms with Crippen LogP contribution in [0.1, 0.15) is 59.9 Å². The molecule has 190 valence electrons. The van der Waals surface area contributed by atoms with Crippen LogP contribution in [-0.2, 0) is 6.54 Å². The molecule has 8 nitrogen and oxygen atoms in total. The average Bonchev–Trinajstić information content (AvgIpc) is 3.22. The molecule has 10 heteroatoms. The number of hydrogen-bond acceptors (Lipinski definition) is 6. The fourth-order valence-electron chi connectivity index (χ4n) is 6.06. The Morgan fingerprint density at radius 2 is 2.06 bits per heavy atom. The highest BCUT2D eigenvalue weighted by Crippen LogP contribution is 2.46. The number of amidine groups is 1. The molecule has 4 aliphatic rings. The van der Waals surface area contributed by atoms with Crippen molar-refractivity contribution in [1.29, 1.82) is 0 Å². The van der Waals surface area contributed by atoms with E-state index in [4.69, 9.17) is 10.7 Å². The number of anilines is 1. The number of rotatable bonds is 6. The van der Waals surface area contributed by atoms with Gasteiger partial charge in [-0.25, -0.2) is 13.8 Å². The minimum Gasteiger partial charge on any atom is -0.384 e. The average molecular weight is 496 g/mol. The second kappa shape index (κ2) is 8.67. The van der Waals surface area contributed by atoms with Gasteiger partial charge in [-0.05, 0) is 66.7 Å². The third-order valence-corrected chi connectivity index (χ3v) is 8.15. The van der Waals surface area contributed by atoms with Gasteiger partial charge in [0.15, 0.2) is 0 Å². The summed E-state index contributed by atoms with van der Waals surface area (Å²) in [5.41, 5.74) is 9.23. The summed E-state index contributed by atoms with van der Waals surface area (Å²) in [5, 5.41) is 7.05. The van der Waals surface area contributed by atoms with Crippen molar-refractivity contribution in [2.24, 2.45) is 28.5 Å². The lowest BCUT2D eigenvalue weighted by atomic mass is 9.92. The van der Waals surface area contributed by atoms with E-state index >= 15 is 0 Å². The number of hydrogen-bond donors (Lipinski definition) is 2. The standard InChI is InChI=1S/C26H31F2N7O/c1-13-8-30-25(29)18-4-5-20(22(13)18)32-26(36)19-12-35(33-23(19)24(27)28)11-15-3-6-21(31-14(15)2)34-9-16-7-17(16)10-34/h3,6,12-13,16-17,20,24H,4-5,7-11H2,1-2H3,(H2,29,30)(H,32,36)/t13?,16?,17?,20-/m1/s1. The number of fused-ring (bicyclic) bond motifs is 1. The van der Waals surface area contributed by atoms with Gasteiger partial charge >= 0.3 is 0 Å². The molecule has 4 heterocycles. The SMILES string of the molecule is Cc1nc(N2CC3CC3C2)ccc1Cn1cc(C(=O)N[C@@H]2CCC3=C2C(C)CN=C3N)c(C(F)F)n1. The summed E-state index contributed by atoms with van der Waals surface area (Å²) >= 11 is 0.